The number of hydrogen-bond acceptors (Lipinski definition) is 2. The Bertz CT molecular complexity index is 138. The average Bonchev–Trinajstić information content (AvgIpc) is 2.04. The van der Waals surface area contributed by atoms with Crippen LogP contribution >= 0.6 is 0 Å². The van der Waals surface area contributed by atoms with Crippen molar-refractivity contribution in [3.05, 3.63) is 0 Å². The van der Waals surface area contributed by atoms with Gasteiger partial charge < -0.3 is 4.90 Å². The highest BCUT2D eigenvalue weighted by molar-refractivity contribution is 5.47. The van der Waals surface area contributed by atoms with Crippen molar-refractivity contribution in [3.8, 4) is 0 Å². The predicted octanol–water partition coefficient (Wildman–Crippen LogP) is 0.427. The van der Waals surface area contributed by atoms with Gasteiger partial charge in [0.25, 0.3) is 0 Å². The van der Waals surface area contributed by atoms with E-state index in [4.69, 9.17) is 0 Å². The second-order valence-electron chi connectivity index (χ2n) is 3.16. The summed E-state index contributed by atoms with van der Waals surface area (Å²) in [7, 11) is 3.84. The van der Waals surface area contributed by atoms with Crippen LogP contribution in [0.25, 0.3) is 0 Å². The molecule has 0 spiro atoms. The number of amides is 1. The van der Waals surface area contributed by atoms with E-state index in [9.17, 15) is 4.79 Å². The number of carbonyl (C=O) groups excluding carboxylic acids is 1. The molecule has 1 aliphatic rings. The maximum absolute atomic E-state index is 10.3. The van der Waals surface area contributed by atoms with Crippen LogP contribution in [0.1, 0.15) is 19.3 Å². The molecule has 1 atom stereocenters. The van der Waals surface area contributed by atoms with Gasteiger partial charge in [0.2, 0.25) is 0 Å². The minimum Gasteiger partial charge on any atom is -0.322 e. The molecule has 1 radical (unpaired) electrons. The molecule has 0 aromatic heterocycles. The van der Waals surface area contributed by atoms with Crippen molar-refractivity contribution in [3.63, 3.8) is 0 Å². The quantitative estimate of drug-likeness (QED) is 0.540. The van der Waals surface area contributed by atoms with Crippen molar-refractivity contribution in [2.75, 3.05) is 20.6 Å². The maximum atomic E-state index is 10.3. The lowest BCUT2D eigenvalue weighted by Gasteiger charge is -2.36. The summed E-state index contributed by atoms with van der Waals surface area (Å²) in [6.45, 7) is 1.09. The van der Waals surface area contributed by atoms with Crippen molar-refractivity contribution >= 4 is 6.41 Å². The minimum atomic E-state index is 0.279. The molecular formula is C8H15N2O. The van der Waals surface area contributed by atoms with Gasteiger partial charge in [0.05, 0.1) is 6.17 Å². The summed E-state index contributed by atoms with van der Waals surface area (Å²) < 4.78 is 0. The van der Waals surface area contributed by atoms with Gasteiger partial charge in [-0.2, -0.15) is 0 Å². The van der Waals surface area contributed by atoms with Crippen LogP contribution in [-0.2, 0) is 4.79 Å². The molecule has 63 valence electrons. The summed E-state index contributed by atoms with van der Waals surface area (Å²) in [5.41, 5.74) is 0. The van der Waals surface area contributed by atoms with Crippen molar-refractivity contribution in [1.29, 1.82) is 0 Å². The number of hydrogen-bond donors (Lipinski definition) is 0. The third kappa shape index (κ3) is 1.93. The van der Waals surface area contributed by atoms with Gasteiger partial charge in [-0.25, -0.2) is 0 Å². The van der Waals surface area contributed by atoms with Crippen LogP contribution in [0.15, 0.2) is 0 Å². The van der Waals surface area contributed by atoms with Crippen LogP contribution in [0, 0.1) is 0 Å². The zero-order valence-corrected chi connectivity index (χ0v) is 7.21. The topological polar surface area (TPSA) is 23.6 Å². The van der Waals surface area contributed by atoms with Gasteiger partial charge in [0.1, 0.15) is 0 Å². The zero-order chi connectivity index (χ0) is 8.27. The Morgan fingerprint density at radius 3 is 2.82 bits per heavy atom. The molecule has 0 saturated carbocycles. The van der Waals surface area contributed by atoms with Crippen LogP contribution in [0.4, 0.5) is 0 Å². The lowest BCUT2D eigenvalue weighted by molar-refractivity contribution is 0.0930. The van der Waals surface area contributed by atoms with Crippen LogP contribution in [0.5, 0.6) is 0 Å². The van der Waals surface area contributed by atoms with E-state index >= 15 is 0 Å². The van der Waals surface area contributed by atoms with Gasteiger partial charge in [-0.3, -0.25) is 9.69 Å². The molecular weight excluding hydrogens is 140 g/mol. The third-order valence-electron chi connectivity index (χ3n) is 2.32. The molecule has 11 heavy (non-hydrogen) atoms. The van der Waals surface area contributed by atoms with Crippen molar-refractivity contribution in [2.24, 2.45) is 0 Å². The van der Waals surface area contributed by atoms with Crippen LogP contribution in [0.3, 0.4) is 0 Å². The van der Waals surface area contributed by atoms with E-state index in [-0.39, 0.29) is 6.17 Å². The molecule has 0 N–H and O–H groups in total. The Balaban J connectivity index is 2.46. The van der Waals surface area contributed by atoms with Gasteiger partial charge in [-0.1, -0.05) is 0 Å². The average molecular weight is 155 g/mol. The van der Waals surface area contributed by atoms with Crippen LogP contribution in [-0.4, -0.2) is 43.0 Å². The highest BCUT2D eigenvalue weighted by Gasteiger charge is 2.21. The first-order valence-corrected chi connectivity index (χ1v) is 4.06. The van der Waals surface area contributed by atoms with E-state index in [2.05, 4.69) is 11.9 Å². The van der Waals surface area contributed by atoms with Gasteiger partial charge in [0.15, 0.2) is 0 Å². The normalized spacial score (nSPS) is 26.5. The van der Waals surface area contributed by atoms with Gasteiger partial charge in [0, 0.05) is 7.05 Å². The van der Waals surface area contributed by atoms with E-state index in [1.807, 2.05) is 6.41 Å². The monoisotopic (exact) mass is 155 g/mol. The summed E-state index contributed by atoms with van der Waals surface area (Å²) in [6, 6.07) is 0. The predicted molar refractivity (Wildman–Crippen MR) is 43.7 cm³/mol. The van der Waals surface area contributed by atoms with Gasteiger partial charge >= 0.3 is 6.41 Å². The first-order valence-electron chi connectivity index (χ1n) is 4.06. The molecule has 0 aromatic carbocycles. The Labute approximate surface area is 68.0 Å². The fourth-order valence-electron chi connectivity index (χ4n) is 1.61. The fraction of sp³-hybridized carbons (Fsp3) is 0.875. The molecule has 3 heteroatoms. The lowest BCUT2D eigenvalue weighted by atomic mass is 10.1. The van der Waals surface area contributed by atoms with Crippen LogP contribution < -0.4 is 0 Å². The number of nitrogens with zero attached hydrogens (tertiary/aromatic N) is 2. The molecule has 1 unspecified atom stereocenters. The van der Waals surface area contributed by atoms with Crippen molar-refractivity contribution in [2.45, 2.75) is 25.4 Å². The number of likely N-dealkylation sites (tertiary alicyclic amines) is 1. The van der Waals surface area contributed by atoms with E-state index in [0.717, 1.165) is 13.0 Å². The highest BCUT2D eigenvalue weighted by Crippen LogP contribution is 2.15. The molecule has 1 aliphatic heterocycles. The molecule has 1 fully saturated rings. The molecule has 1 heterocycles. The first-order chi connectivity index (χ1) is 5.25. The van der Waals surface area contributed by atoms with E-state index < -0.39 is 0 Å². The third-order valence-corrected chi connectivity index (χ3v) is 2.32. The molecule has 0 aliphatic carbocycles. The summed E-state index contributed by atoms with van der Waals surface area (Å²) in [4.78, 5) is 14.2. The summed E-state index contributed by atoms with van der Waals surface area (Å²) in [5.74, 6) is 0. The lowest BCUT2D eigenvalue weighted by Crippen LogP contribution is -2.46. The minimum absolute atomic E-state index is 0.279. The Hall–Kier alpha value is -0.570. The second kappa shape index (κ2) is 3.72. The largest absolute Gasteiger partial charge is 0.322 e. The molecule has 0 aromatic rings. The second-order valence-corrected chi connectivity index (χ2v) is 3.16. The standard InChI is InChI=1S/C8H15N2O/c1-9-6-4-3-5-8(9)10(2)7-11/h8H,3-6H2,1-2H3. The molecule has 1 saturated heterocycles. The fourth-order valence-corrected chi connectivity index (χ4v) is 1.61. The van der Waals surface area contributed by atoms with E-state index in [1.165, 1.54) is 12.8 Å². The van der Waals surface area contributed by atoms with E-state index in [1.54, 1.807) is 11.9 Å². The number of rotatable bonds is 2. The molecule has 1 amide bonds. The molecule has 3 nitrogen and oxygen atoms in total. The number of piperidine rings is 1. The molecule has 0 bridgehead atoms. The van der Waals surface area contributed by atoms with Gasteiger partial charge in [-0.15, -0.1) is 0 Å². The van der Waals surface area contributed by atoms with Crippen molar-refractivity contribution in [1.82, 2.24) is 9.80 Å². The summed E-state index contributed by atoms with van der Waals surface area (Å²) in [6.07, 6.45) is 5.74. The van der Waals surface area contributed by atoms with Crippen molar-refractivity contribution < 1.29 is 4.79 Å². The summed E-state index contributed by atoms with van der Waals surface area (Å²) in [5, 5.41) is 0. The zero-order valence-electron chi connectivity index (χ0n) is 7.21. The van der Waals surface area contributed by atoms with Gasteiger partial charge in [-0.05, 0) is 32.9 Å². The SMILES string of the molecule is CN([C]=O)C1CCCCN1C. The smallest absolute Gasteiger partial charge is 0.313 e. The Kier molecular flexibility index (Phi) is 2.88. The maximum Gasteiger partial charge on any atom is 0.313 e. The Morgan fingerprint density at radius 2 is 2.27 bits per heavy atom. The first kappa shape index (κ1) is 8.53. The summed E-state index contributed by atoms with van der Waals surface area (Å²) >= 11 is 0. The van der Waals surface area contributed by atoms with E-state index in [0.29, 0.717) is 0 Å². The highest BCUT2D eigenvalue weighted by atomic mass is 16.1. The van der Waals surface area contributed by atoms with Crippen LogP contribution in [0.2, 0.25) is 0 Å². The molecule has 1 rings (SSSR count). The Morgan fingerprint density at radius 1 is 1.55 bits per heavy atom.